The van der Waals surface area contributed by atoms with Crippen LogP contribution in [0, 0.1) is 24.0 Å². The van der Waals surface area contributed by atoms with Gasteiger partial charge in [0.1, 0.15) is 11.6 Å². The molecule has 1 aliphatic rings. The number of carbonyl (C=O) groups is 1. The molecule has 0 spiro atoms. The average molecular weight is 613 g/mol. The number of hydrogen-bond acceptors (Lipinski definition) is 7. The second-order valence-corrected chi connectivity index (χ2v) is 12.4. The molecule has 1 aliphatic heterocycles. The maximum Gasteiger partial charge on any atom is 0.304 e. The number of anilines is 1. The summed E-state index contributed by atoms with van der Waals surface area (Å²) < 4.78 is 37.6. The van der Waals surface area contributed by atoms with Gasteiger partial charge in [-0.2, -0.15) is 0 Å². The monoisotopic (exact) mass is 612 g/mol. The Morgan fingerprint density at radius 1 is 1.07 bits per heavy atom. The van der Waals surface area contributed by atoms with E-state index in [9.17, 15) is 28.4 Å². The first kappa shape index (κ1) is 28.9. The molecule has 0 unspecified atom stereocenters. The van der Waals surface area contributed by atoms with Crippen LogP contribution >= 0.6 is 0 Å². The van der Waals surface area contributed by atoms with Crippen molar-refractivity contribution in [3.8, 4) is 11.4 Å². The van der Waals surface area contributed by atoms with E-state index >= 15 is 0 Å². The fraction of sp³-hybridized carbons (Fsp3) is 0.188. The number of fused-ring (bicyclic) bond motifs is 2. The SMILES string of the molecule is Cc1c(CN(c2ccc3c(c2)OC[C@H]3CC(=O)O)S(=O)(=O)c2ccccc2[N+](=O)[O-])cccc1-n1c(C)nc2ccccc21. The number of para-hydroxylation sites is 3. The summed E-state index contributed by atoms with van der Waals surface area (Å²) in [6.07, 6.45) is -0.126. The zero-order valence-corrected chi connectivity index (χ0v) is 24.7. The number of sulfonamides is 1. The molecular weight excluding hydrogens is 584 g/mol. The topological polar surface area (TPSA) is 145 Å². The van der Waals surface area contributed by atoms with E-state index in [0.717, 1.165) is 38.5 Å². The van der Waals surface area contributed by atoms with Crippen LogP contribution in [0.3, 0.4) is 0 Å². The number of nitro groups is 1. The van der Waals surface area contributed by atoms with Gasteiger partial charge < -0.3 is 9.84 Å². The van der Waals surface area contributed by atoms with E-state index in [4.69, 9.17) is 4.74 Å². The van der Waals surface area contributed by atoms with E-state index in [-0.39, 0.29) is 31.2 Å². The molecule has 11 nitrogen and oxygen atoms in total. The van der Waals surface area contributed by atoms with Gasteiger partial charge in [0.15, 0.2) is 4.90 Å². The number of imidazole rings is 1. The Hall–Kier alpha value is -5.23. The van der Waals surface area contributed by atoms with Crippen LogP contribution in [0.1, 0.15) is 34.9 Å². The van der Waals surface area contributed by atoms with Crippen LogP contribution in [-0.2, 0) is 21.4 Å². The van der Waals surface area contributed by atoms with Crippen molar-refractivity contribution in [3.63, 3.8) is 0 Å². The van der Waals surface area contributed by atoms with Crippen molar-refractivity contribution in [2.75, 3.05) is 10.9 Å². The van der Waals surface area contributed by atoms with Gasteiger partial charge >= 0.3 is 5.97 Å². The minimum atomic E-state index is -4.48. The molecule has 0 fully saturated rings. The summed E-state index contributed by atoms with van der Waals surface area (Å²) in [6, 6.07) is 23.4. The zero-order chi connectivity index (χ0) is 31.2. The molecule has 4 aromatic carbocycles. The molecule has 0 bridgehead atoms. The number of benzene rings is 4. The molecular formula is C32H28N4O7S. The van der Waals surface area contributed by atoms with E-state index in [0.29, 0.717) is 16.9 Å². The Labute approximate surface area is 253 Å². The second-order valence-electron chi connectivity index (χ2n) is 10.6. The highest BCUT2D eigenvalue weighted by Crippen LogP contribution is 2.41. The minimum absolute atomic E-state index is 0.126. The van der Waals surface area contributed by atoms with E-state index in [1.54, 1.807) is 18.2 Å². The van der Waals surface area contributed by atoms with Crippen molar-refractivity contribution in [1.29, 1.82) is 0 Å². The predicted molar refractivity (Wildman–Crippen MR) is 164 cm³/mol. The van der Waals surface area contributed by atoms with E-state index < -0.39 is 31.5 Å². The van der Waals surface area contributed by atoms with Gasteiger partial charge in [0.25, 0.3) is 15.7 Å². The molecule has 224 valence electrons. The highest BCUT2D eigenvalue weighted by Gasteiger charge is 2.34. The number of hydrogen-bond donors (Lipinski definition) is 1. The molecule has 1 N–H and O–H groups in total. The Balaban J connectivity index is 1.49. The predicted octanol–water partition coefficient (Wildman–Crippen LogP) is 5.90. The van der Waals surface area contributed by atoms with Gasteiger partial charge in [-0.05, 0) is 55.3 Å². The van der Waals surface area contributed by atoms with Gasteiger partial charge in [0.2, 0.25) is 0 Å². The lowest BCUT2D eigenvalue weighted by Gasteiger charge is -2.26. The Kier molecular flexibility index (Phi) is 7.30. The molecule has 0 saturated heterocycles. The molecule has 0 saturated carbocycles. The summed E-state index contributed by atoms with van der Waals surface area (Å²) in [4.78, 5) is 26.7. The number of nitro benzene ring substituents is 1. The third kappa shape index (κ3) is 5.02. The standard InChI is InChI=1S/C32H28N4O7S/c1-20-22(8-7-12-27(20)35-21(2)33-26-9-3-4-10-28(26)35)18-34(44(41,42)31-13-6-5-11-29(31)36(39)40)24-14-15-25-23(16-32(37)38)19-43-30(25)17-24/h3-15,17,23H,16,18-19H2,1-2H3,(H,37,38)/t23-/m1/s1. The van der Waals surface area contributed by atoms with Gasteiger partial charge in [0, 0.05) is 23.6 Å². The quantitative estimate of drug-likeness (QED) is 0.160. The van der Waals surface area contributed by atoms with E-state index in [1.165, 1.54) is 18.2 Å². The largest absolute Gasteiger partial charge is 0.493 e. The van der Waals surface area contributed by atoms with Crippen LogP contribution < -0.4 is 9.04 Å². The summed E-state index contributed by atoms with van der Waals surface area (Å²) in [6.45, 7) is 3.81. The first-order valence-corrected chi connectivity index (χ1v) is 15.3. The highest BCUT2D eigenvalue weighted by atomic mass is 32.2. The van der Waals surface area contributed by atoms with Crippen LogP contribution in [0.25, 0.3) is 16.7 Å². The van der Waals surface area contributed by atoms with Crippen LogP contribution in [-0.4, -0.2) is 40.6 Å². The number of carboxylic acids is 1. The van der Waals surface area contributed by atoms with E-state index in [2.05, 4.69) is 4.98 Å². The average Bonchev–Trinajstić information content (AvgIpc) is 3.55. The molecule has 44 heavy (non-hydrogen) atoms. The Morgan fingerprint density at radius 3 is 2.59 bits per heavy atom. The Bertz CT molecular complexity index is 2060. The molecule has 5 aromatic rings. The van der Waals surface area contributed by atoms with Gasteiger partial charge in [-0.3, -0.25) is 23.8 Å². The van der Waals surface area contributed by atoms with E-state index in [1.807, 2.05) is 60.9 Å². The third-order valence-corrected chi connectivity index (χ3v) is 9.74. The first-order chi connectivity index (χ1) is 21.1. The van der Waals surface area contributed by atoms with Gasteiger partial charge in [-0.25, -0.2) is 13.4 Å². The van der Waals surface area contributed by atoms with Gasteiger partial charge in [0.05, 0.1) is 46.9 Å². The number of aromatic nitrogens is 2. The number of rotatable bonds is 9. The van der Waals surface area contributed by atoms with Gasteiger partial charge in [-0.15, -0.1) is 0 Å². The van der Waals surface area contributed by atoms with Crippen molar-refractivity contribution in [3.05, 3.63) is 118 Å². The third-order valence-electron chi connectivity index (χ3n) is 7.92. The normalized spacial score (nSPS) is 14.3. The summed E-state index contributed by atoms with van der Waals surface area (Å²) >= 11 is 0. The summed E-state index contributed by atoms with van der Waals surface area (Å²) in [5.74, 6) is -0.193. The Morgan fingerprint density at radius 2 is 1.82 bits per heavy atom. The lowest BCUT2D eigenvalue weighted by Crippen LogP contribution is -2.31. The maximum atomic E-state index is 14.3. The fourth-order valence-corrected chi connectivity index (χ4v) is 7.34. The van der Waals surface area contributed by atoms with Crippen LogP contribution in [0.2, 0.25) is 0 Å². The van der Waals surface area contributed by atoms with Crippen molar-refractivity contribution >= 4 is 38.4 Å². The first-order valence-electron chi connectivity index (χ1n) is 13.8. The maximum absolute atomic E-state index is 14.3. The number of carboxylic acid groups (broad SMARTS) is 1. The fourth-order valence-electron chi connectivity index (χ4n) is 5.75. The van der Waals surface area contributed by atoms with Crippen molar-refractivity contribution in [1.82, 2.24) is 9.55 Å². The van der Waals surface area contributed by atoms with Crippen LogP contribution in [0.5, 0.6) is 5.75 Å². The zero-order valence-electron chi connectivity index (χ0n) is 23.9. The minimum Gasteiger partial charge on any atom is -0.493 e. The lowest BCUT2D eigenvalue weighted by atomic mass is 9.98. The highest BCUT2D eigenvalue weighted by molar-refractivity contribution is 7.93. The second kappa shape index (κ2) is 11.1. The molecule has 2 heterocycles. The summed E-state index contributed by atoms with van der Waals surface area (Å²) in [5.41, 5.74) is 4.39. The molecule has 1 atom stereocenters. The van der Waals surface area contributed by atoms with Crippen molar-refractivity contribution in [2.45, 2.75) is 37.6 Å². The van der Waals surface area contributed by atoms with Crippen molar-refractivity contribution < 1.29 is 28.0 Å². The lowest BCUT2D eigenvalue weighted by molar-refractivity contribution is -0.387. The molecule has 6 rings (SSSR count). The smallest absolute Gasteiger partial charge is 0.304 e. The number of ether oxygens (including phenoxy) is 1. The van der Waals surface area contributed by atoms with Crippen molar-refractivity contribution in [2.24, 2.45) is 0 Å². The molecule has 0 aliphatic carbocycles. The van der Waals surface area contributed by atoms with Gasteiger partial charge in [-0.1, -0.05) is 42.5 Å². The number of aliphatic carboxylic acids is 1. The molecule has 12 heteroatoms. The number of aryl methyl sites for hydroxylation is 1. The summed E-state index contributed by atoms with van der Waals surface area (Å²) in [7, 11) is -4.48. The molecule has 1 aromatic heterocycles. The molecule has 0 radical (unpaired) electrons. The molecule has 0 amide bonds. The van der Waals surface area contributed by atoms with Crippen LogP contribution in [0.15, 0.2) is 89.8 Å². The van der Waals surface area contributed by atoms with Crippen LogP contribution in [0.4, 0.5) is 11.4 Å². The summed E-state index contributed by atoms with van der Waals surface area (Å²) in [5, 5.41) is 21.2. The number of nitrogens with zero attached hydrogens (tertiary/aromatic N) is 4.